The summed E-state index contributed by atoms with van der Waals surface area (Å²) >= 11 is 0. The lowest BCUT2D eigenvalue weighted by molar-refractivity contribution is 0.0947. The molecule has 2 heterocycles. The van der Waals surface area contributed by atoms with Gasteiger partial charge in [0, 0.05) is 38.3 Å². The molecule has 1 aromatic heterocycles. The number of carbonyl (C=O) groups is 1. The maximum atomic E-state index is 11.8. The Bertz CT molecular complexity index is 321. The number of piperazine rings is 1. The number of aromatic nitrogens is 1. The van der Waals surface area contributed by atoms with Crippen molar-refractivity contribution in [3.8, 4) is 0 Å². The molecular formula is C11H17N3O. The monoisotopic (exact) mass is 207 g/mol. The lowest BCUT2D eigenvalue weighted by Crippen LogP contribution is -2.49. The molecular weight excluding hydrogens is 190 g/mol. The summed E-state index contributed by atoms with van der Waals surface area (Å²) < 4.78 is 0. The maximum Gasteiger partial charge on any atom is 0.180 e. The molecule has 0 aliphatic carbocycles. The molecule has 0 spiro atoms. The van der Waals surface area contributed by atoms with E-state index in [4.69, 9.17) is 0 Å². The van der Waals surface area contributed by atoms with E-state index in [1.165, 1.54) is 0 Å². The standard InChI is InChI=1S/C11H17N3O/c1-14-6-5-12-9(8-14)7-11(15)10-3-2-4-13-10/h2-4,9,12-13H,5-8H2,1H3. The molecule has 0 radical (unpaired) electrons. The SMILES string of the molecule is CN1CCNC(CC(=O)c2ccc[nH]2)C1. The van der Waals surface area contributed by atoms with E-state index < -0.39 is 0 Å². The van der Waals surface area contributed by atoms with E-state index in [0.717, 1.165) is 19.6 Å². The highest BCUT2D eigenvalue weighted by molar-refractivity contribution is 5.94. The van der Waals surface area contributed by atoms with Crippen molar-refractivity contribution in [1.29, 1.82) is 0 Å². The first kappa shape index (κ1) is 10.4. The largest absolute Gasteiger partial charge is 0.359 e. The van der Waals surface area contributed by atoms with Crippen LogP contribution in [0, 0.1) is 0 Å². The fourth-order valence-electron chi connectivity index (χ4n) is 1.97. The van der Waals surface area contributed by atoms with Crippen LogP contribution in [0.2, 0.25) is 0 Å². The Morgan fingerprint density at radius 1 is 1.67 bits per heavy atom. The van der Waals surface area contributed by atoms with E-state index in [9.17, 15) is 4.79 Å². The summed E-state index contributed by atoms with van der Waals surface area (Å²) in [5.41, 5.74) is 0.713. The van der Waals surface area contributed by atoms with Gasteiger partial charge < -0.3 is 15.2 Å². The summed E-state index contributed by atoms with van der Waals surface area (Å²) in [7, 11) is 2.09. The quantitative estimate of drug-likeness (QED) is 0.709. The van der Waals surface area contributed by atoms with Gasteiger partial charge in [0.2, 0.25) is 0 Å². The number of likely N-dealkylation sites (N-methyl/N-ethyl adjacent to an activating group) is 1. The van der Waals surface area contributed by atoms with Crippen LogP contribution in [0.15, 0.2) is 18.3 Å². The van der Waals surface area contributed by atoms with Crippen molar-refractivity contribution in [2.75, 3.05) is 26.7 Å². The van der Waals surface area contributed by atoms with Crippen molar-refractivity contribution in [3.63, 3.8) is 0 Å². The Morgan fingerprint density at radius 2 is 2.53 bits per heavy atom. The molecule has 0 amide bonds. The van der Waals surface area contributed by atoms with Crippen LogP contribution in [0.5, 0.6) is 0 Å². The van der Waals surface area contributed by atoms with Gasteiger partial charge in [0.25, 0.3) is 0 Å². The fourth-order valence-corrected chi connectivity index (χ4v) is 1.97. The highest BCUT2D eigenvalue weighted by Gasteiger charge is 2.20. The Balaban J connectivity index is 1.89. The van der Waals surface area contributed by atoms with E-state index in [2.05, 4.69) is 22.2 Å². The minimum atomic E-state index is 0.188. The molecule has 1 saturated heterocycles. The Labute approximate surface area is 89.7 Å². The summed E-state index contributed by atoms with van der Waals surface area (Å²) in [6.07, 6.45) is 2.36. The number of nitrogens with one attached hydrogen (secondary N) is 2. The van der Waals surface area contributed by atoms with Gasteiger partial charge in [-0.1, -0.05) is 0 Å². The number of H-pyrrole nitrogens is 1. The van der Waals surface area contributed by atoms with Crippen molar-refractivity contribution >= 4 is 5.78 Å². The van der Waals surface area contributed by atoms with Gasteiger partial charge >= 0.3 is 0 Å². The van der Waals surface area contributed by atoms with Crippen LogP contribution in [0.4, 0.5) is 0 Å². The number of hydrogen-bond donors (Lipinski definition) is 2. The maximum absolute atomic E-state index is 11.8. The lowest BCUT2D eigenvalue weighted by atomic mass is 10.1. The van der Waals surface area contributed by atoms with Crippen LogP contribution in [0.3, 0.4) is 0 Å². The molecule has 4 heteroatoms. The van der Waals surface area contributed by atoms with E-state index >= 15 is 0 Å². The normalized spacial score (nSPS) is 22.9. The third-order valence-corrected chi connectivity index (χ3v) is 2.79. The van der Waals surface area contributed by atoms with Crippen molar-refractivity contribution in [3.05, 3.63) is 24.0 Å². The van der Waals surface area contributed by atoms with Crippen molar-refractivity contribution in [1.82, 2.24) is 15.2 Å². The molecule has 0 bridgehead atoms. The van der Waals surface area contributed by atoms with Crippen LogP contribution in [0.1, 0.15) is 16.9 Å². The van der Waals surface area contributed by atoms with Crippen LogP contribution in [0.25, 0.3) is 0 Å². The molecule has 1 aliphatic heterocycles. The highest BCUT2D eigenvalue weighted by atomic mass is 16.1. The van der Waals surface area contributed by atoms with Gasteiger partial charge in [-0.05, 0) is 19.2 Å². The predicted octanol–water partition coefficient (Wildman–Crippen LogP) is 0.491. The fraction of sp³-hybridized carbons (Fsp3) is 0.545. The van der Waals surface area contributed by atoms with Gasteiger partial charge in [-0.25, -0.2) is 0 Å². The summed E-state index contributed by atoms with van der Waals surface area (Å²) in [5.74, 6) is 0.188. The van der Waals surface area contributed by atoms with Crippen LogP contribution in [-0.2, 0) is 0 Å². The number of aromatic amines is 1. The summed E-state index contributed by atoms with van der Waals surface area (Å²) in [5, 5.41) is 3.37. The van der Waals surface area contributed by atoms with Gasteiger partial charge in [0.05, 0.1) is 5.69 Å². The smallest absolute Gasteiger partial charge is 0.180 e. The lowest BCUT2D eigenvalue weighted by Gasteiger charge is -2.30. The van der Waals surface area contributed by atoms with Crippen molar-refractivity contribution in [2.45, 2.75) is 12.5 Å². The predicted molar refractivity (Wildman–Crippen MR) is 59.0 cm³/mol. The van der Waals surface area contributed by atoms with Gasteiger partial charge in [-0.2, -0.15) is 0 Å². The van der Waals surface area contributed by atoms with Gasteiger partial charge in [-0.15, -0.1) is 0 Å². The average Bonchev–Trinajstić information content (AvgIpc) is 2.70. The molecule has 1 atom stereocenters. The number of ketones is 1. The summed E-state index contributed by atoms with van der Waals surface area (Å²) in [6.45, 7) is 2.98. The second-order valence-corrected chi connectivity index (χ2v) is 4.12. The zero-order valence-corrected chi connectivity index (χ0v) is 8.99. The zero-order chi connectivity index (χ0) is 10.7. The van der Waals surface area contributed by atoms with Gasteiger partial charge in [0.15, 0.2) is 5.78 Å². The molecule has 15 heavy (non-hydrogen) atoms. The highest BCUT2D eigenvalue weighted by Crippen LogP contribution is 2.06. The number of hydrogen-bond acceptors (Lipinski definition) is 3. The second-order valence-electron chi connectivity index (χ2n) is 4.12. The Hall–Kier alpha value is -1.13. The number of nitrogens with zero attached hydrogens (tertiary/aromatic N) is 1. The van der Waals surface area contributed by atoms with Crippen molar-refractivity contribution < 1.29 is 4.79 Å². The van der Waals surface area contributed by atoms with E-state index in [0.29, 0.717) is 18.2 Å². The average molecular weight is 207 g/mol. The van der Waals surface area contributed by atoms with E-state index in [1.54, 1.807) is 6.20 Å². The van der Waals surface area contributed by atoms with Crippen LogP contribution < -0.4 is 5.32 Å². The topological polar surface area (TPSA) is 48.1 Å². The van der Waals surface area contributed by atoms with Crippen LogP contribution in [-0.4, -0.2) is 48.4 Å². The first-order valence-electron chi connectivity index (χ1n) is 5.34. The molecule has 82 valence electrons. The van der Waals surface area contributed by atoms with Crippen molar-refractivity contribution in [2.24, 2.45) is 0 Å². The minimum absolute atomic E-state index is 0.188. The van der Waals surface area contributed by atoms with E-state index in [-0.39, 0.29) is 5.78 Å². The third kappa shape index (κ3) is 2.67. The first-order chi connectivity index (χ1) is 7.25. The molecule has 2 N–H and O–H groups in total. The zero-order valence-electron chi connectivity index (χ0n) is 8.99. The Morgan fingerprint density at radius 3 is 3.20 bits per heavy atom. The van der Waals surface area contributed by atoms with E-state index in [1.807, 2.05) is 12.1 Å². The summed E-state index contributed by atoms with van der Waals surface area (Å²) in [4.78, 5) is 17.0. The minimum Gasteiger partial charge on any atom is -0.359 e. The molecule has 1 unspecified atom stereocenters. The second kappa shape index (κ2) is 4.59. The summed E-state index contributed by atoms with van der Waals surface area (Å²) in [6, 6.07) is 3.97. The molecule has 4 nitrogen and oxygen atoms in total. The molecule has 0 saturated carbocycles. The number of carbonyl (C=O) groups excluding carboxylic acids is 1. The molecule has 1 fully saturated rings. The molecule has 2 rings (SSSR count). The number of rotatable bonds is 3. The Kier molecular flexibility index (Phi) is 3.18. The van der Waals surface area contributed by atoms with Gasteiger partial charge in [-0.3, -0.25) is 4.79 Å². The van der Waals surface area contributed by atoms with Crippen LogP contribution >= 0.6 is 0 Å². The first-order valence-corrected chi connectivity index (χ1v) is 5.34. The number of Topliss-reactive ketones (excluding diaryl/α,β-unsaturated/α-hetero) is 1. The molecule has 1 aliphatic rings. The molecule has 1 aromatic rings. The third-order valence-electron chi connectivity index (χ3n) is 2.79. The molecule has 0 aromatic carbocycles. The van der Waals surface area contributed by atoms with Gasteiger partial charge in [0.1, 0.15) is 0 Å².